The van der Waals surface area contributed by atoms with E-state index in [9.17, 15) is 4.39 Å². The van der Waals surface area contributed by atoms with Crippen LogP contribution in [0.15, 0.2) is 30.3 Å². The first kappa shape index (κ1) is 9.66. The molecule has 0 amide bonds. The molecule has 2 rings (SSSR count). The fraction of sp³-hybridized carbons (Fsp3) is 0.500. The highest BCUT2D eigenvalue weighted by Gasteiger charge is 2.31. The first-order valence-electron chi connectivity index (χ1n) is 5.26. The Bertz CT molecular complexity index is 276. The van der Waals surface area contributed by atoms with Crippen molar-refractivity contribution in [2.24, 2.45) is 0 Å². The number of hydrogen-bond donors (Lipinski definition) is 1. The lowest BCUT2D eigenvalue weighted by Crippen LogP contribution is -2.22. The zero-order valence-corrected chi connectivity index (χ0v) is 8.30. The summed E-state index contributed by atoms with van der Waals surface area (Å²) in [6, 6.07) is 9.54. The second-order valence-electron chi connectivity index (χ2n) is 3.93. The van der Waals surface area contributed by atoms with Gasteiger partial charge in [-0.25, -0.2) is 4.39 Å². The standard InChI is InChI=1S/C12H16FN/c13-12(7-4-9-14-10-8-12)11-5-2-1-3-6-11/h1-3,5-6,14H,4,7-10H2. The van der Waals surface area contributed by atoms with Crippen LogP contribution in [0.1, 0.15) is 24.8 Å². The zero-order valence-electron chi connectivity index (χ0n) is 8.30. The van der Waals surface area contributed by atoms with Crippen LogP contribution < -0.4 is 5.32 Å². The molecule has 1 heterocycles. The molecule has 1 atom stereocenters. The third-order valence-electron chi connectivity index (χ3n) is 2.92. The lowest BCUT2D eigenvalue weighted by Gasteiger charge is -2.23. The van der Waals surface area contributed by atoms with E-state index < -0.39 is 5.67 Å². The molecule has 1 aromatic carbocycles. The van der Waals surface area contributed by atoms with E-state index in [1.807, 2.05) is 30.3 Å². The average molecular weight is 193 g/mol. The van der Waals surface area contributed by atoms with Crippen molar-refractivity contribution < 1.29 is 4.39 Å². The van der Waals surface area contributed by atoms with Gasteiger partial charge >= 0.3 is 0 Å². The third-order valence-corrected chi connectivity index (χ3v) is 2.92. The van der Waals surface area contributed by atoms with Crippen LogP contribution in [0.5, 0.6) is 0 Å². The van der Waals surface area contributed by atoms with E-state index >= 15 is 0 Å². The Morgan fingerprint density at radius 3 is 2.64 bits per heavy atom. The average Bonchev–Trinajstić information content (AvgIpc) is 2.46. The number of halogens is 1. The van der Waals surface area contributed by atoms with Gasteiger partial charge in [-0.2, -0.15) is 0 Å². The molecule has 1 unspecified atom stereocenters. The summed E-state index contributed by atoms with van der Waals surface area (Å²) in [5, 5.41) is 3.23. The number of nitrogens with one attached hydrogen (secondary N) is 1. The molecule has 2 heteroatoms. The summed E-state index contributed by atoms with van der Waals surface area (Å²) in [6.07, 6.45) is 2.16. The van der Waals surface area contributed by atoms with Gasteiger partial charge in [0.2, 0.25) is 0 Å². The Kier molecular flexibility index (Phi) is 2.82. The van der Waals surface area contributed by atoms with E-state index in [2.05, 4.69) is 5.32 Å². The van der Waals surface area contributed by atoms with E-state index in [1.165, 1.54) is 0 Å². The molecule has 1 aliphatic heterocycles. The van der Waals surface area contributed by atoms with Crippen LogP contribution in [0.25, 0.3) is 0 Å². The summed E-state index contributed by atoms with van der Waals surface area (Å²) in [4.78, 5) is 0. The highest BCUT2D eigenvalue weighted by molar-refractivity contribution is 5.22. The normalized spacial score (nSPS) is 28.4. The van der Waals surface area contributed by atoms with Gasteiger partial charge in [-0.05, 0) is 37.9 Å². The minimum Gasteiger partial charge on any atom is -0.317 e. The lowest BCUT2D eigenvalue weighted by molar-refractivity contribution is 0.145. The predicted molar refractivity (Wildman–Crippen MR) is 55.9 cm³/mol. The van der Waals surface area contributed by atoms with Crippen LogP contribution in [-0.2, 0) is 5.67 Å². The quantitative estimate of drug-likeness (QED) is 0.723. The highest BCUT2D eigenvalue weighted by Crippen LogP contribution is 2.35. The van der Waals surface area contributed by atoms with Crippen LogP contribution >= 0.6 is 0 Å². The molecule has 1 saturated heterocycles. The van der Waals surface area contributed by atoms with Crippen molar-refractivity contribution in [2.75, 3.05) is 13.1 Å². The van der Waals surface area contributed by atoms with E-state index in [0.717, 1.165) is 25.1 Å². The molecule has 1 fully saturated rings. The molecule has 0 spiro atoms. The Morgan fingerprint density at radius 1 is 1.07 bits per heavy atom. The molecule has 14 heavy (non-hydrogen) atoms. The van der Waals surface area contributed by atoms with Crippen molar-refractivity contribution >= 4 is 0 Å². The zero-order chi connectivity index (χ0) is 9.86. The first-order chi connectivity index (χ1) is 6.81. The molecule has 0 radical (unpaired) electrons. The predicted octanol–water partition coefficient (Wildman–Crippen LogP) is 2.62. The van der Waals surface area contributed by atoms with Gasteiger partial charge in [0.05, 0.1) is 0 Å². The smallest absolute Gasteiger partial charge is 0.137 e. The van der Waals surface area contributed by atoms with E-state index in [4.69, 9.17) is 0 Å². The molecule has 1 aromatic rings. The van der Waals surface area contributed by atoms with Gasteiger partial charge in [0.25, 0.3) is 0 Å². The van der Waals surface area contributed by atoms with Gasteiger partial charge in [0, 0.05) is 0 Å². The fourth-order valence-corrected chi connectivity index (χ4v) is 2.06. The second kappa shape index (κ2) is 4.09. The van der Waals surface area contributed by atoms with Crippen LogP contribution in [0, 0.1) is 0 Å². The van der Waals surface area contributed by atoms with Crippen LogP contribution in [0.2, 0.25) is 0 Å². The van der Waals surface area contributed by atoms with Crippen molar-refractivity contribution in [1.82, 2.24) is 5.32 Å². The van der Waals surface area contributed by atoms with Crippen LogP contribution in [0.4, 0.5) is 4.39 Å². The lowest BCUT2D eigenvalue weighted by atomic mass is 9.89. The molecule has 1 nitrogen and oxygen atoms in total. The maximum absolute atomic E-state index is 14.5. The van der Waals surface area contributed by atoms with Gasteiger partial charge in [-0.1, -0.05) is 30.3 Å². The monoisotopic (exact) mass is 193 g/mol. The van der Waals surface area contributed by atoms with E-state index in [-0.39, 0.29) is 0 Å². The molecule has 0 bridgehead atoms. The number of rotatable bonds is 1. The van der Waals surface area contributed by atoms with Gasteiger partial charge in [0.15, 0.2) is 0 Å². The molecule has 1 N–H and O–H groups in total. The topological polar surface area (TPSA) is 12.0 Å². The van der Waals surface area contributed by atoms with Gasteiger partial charge < -0.3 is 5.32 Å². The fourth-order valence-electron chi connectivity index (χ4n) is 2.06. The van der Waals surface area contributed by atoms with Crippen molar-refractivity contribution in [2.45, 2.75) is 24.9 Å². The summed E-state index contributed by atoms with van der Waals surface area (Å²) < 4.78 is 14.5. The Labute approximate surface area is 84.3 Å². The second-order valence-corrected chi connectivity index (χ2v) is 3.93. The summed E-state index contributed by atoms with van der Waals surface area (Å²) in [6.45, 7) is 1.73. The molecule has 0 aliphatic carbocycles. The molecule has 76 valence electrons. The third kappa shape index (κ3) is 1.95. The summed E-state index contributed by atoms with van der Waals surface area (Å²) in [5.74, 6) is 0. The number of hydrogen-bond acceptors (Lipinski definition) is 1. The van der Waals surface area contributed by atoms with Crippen molar-refractivity contribution in [3.63, 3.8) is 0 Å². The van der Waals surface area contributed by atoms with Gasteiger partial charge in [0.1, 0.15) is 5.67 Å². The Hall–Kier alpha value is -0.890. The molecule has 0 aromatic heterocycles. The molecule has 1 aliphatic rings. The molecular formula is C12H16FN. The Balaban J connectivity index is 2.21. The molecule has 0 saturated carbocycles. The van der Waals surface area contributed by atoms with Crippen molar-refractivity contribution in [1.29, 1.82) is 0 Å². The van der Waals surface area contributed by atoms with Gasteiger partial charge in [-0.15, -0.1) is 0 Å². The first-order valence-corrected chi connectivity index (χ1v) is 5.26. The van der Waals surface area contributed by atoms with E-state index in [1.54, 1.807) is 0 Å². The summed E-state index contributed by atoms with van der Waals surface area (Å²) in [5.41, 5.74) is -0.270. The maximum atomic E-state index is 14.5. The number of alkyl halides is 1. The highest BCUT2D eigenvalue weighted by atomic mass is 19.1. The largest absolute Gasteiger partial charge is 0.317 e. The van der Waals surface area contributed by atoms with Crippen molar-refractivity contribution in [3.05, 3.63) is 35.9 Å². The number of benzene rings is 1. The van der Waals surface area contributed by atoms with E-state index in [0.29, 0.717) is 12.8 Å². The summed E-state index contributed by atoms with van der Waals surface area (Å²) >= 11 is 0. The molecular weight excluding hydrogens is 177 g/mol. The maximum Gasteiger partial charge on any atom is 0.137 e. The minimum absolute atomic E-state index is 0.594. The Morgan fingerprint density at radius 2 is 1.86 bits per heavy atom. The van der Waals surface area contributed by atoms with Crippen molar-refractivity contribution in [3.8, 4) is 0 Å². The summed E-state index contributed by atoms with van der Waals surface area (Å²) in [7, 11) is 0. The van der Waals surface area contributed by atoms with Crippen LogP contribution in [-0.4, -0.2) is 13.1 Å². The SMILES string of the molecule is FC1(c2ccccc2)CCCNCC1. The van der Waals surface area contributed by atoms with Gasteiger partial charge in [-0.3, -0.25) is 0 Å². The minimum atomic E-state index is -1.11. The van der Waals surface area contributed by atoms with Crippen LogP contribution in [0.3, 0.4) is 0 Å².